The van der Waals surface area contributed by atoms with Crippen LogP contribution >= 0.6 is 0 Å². The van der Waals surface area contributed by atoms with Crippen LogP contribution in [0.2, 0.25) is 0 Å². The normalized spacial score (nSPS) is 24.1. The van der Waals surface area contributed by atoms with E-state index >= 15 is 0 Å². The zero-order valence-electron chi connectivity index (χ0n) is 16.3. The lowest BCUT2D eigenvalue weighted by Crippen LogP contribution is -2.29. The van der Waals surface area contributed by atoms with E-state index in [-0.39, 0.29) is 18.8 Å². The van der Waals surface area contributed by atoms with Gasteiger partial charge in [0.2, 0.25) is 5.91 Å². The van der Waals surface area contributed by atoms with Crippen LogP contribution in [0.5, 0.6) is 0 Å². The fraction of sp³-hybridized carbons (Fsp3) is 0.611. The van der Waals surface area contributed by atoms with Crippen LogP contribution in [0, 0.1) is 5.41 Å². The van der Waals surface area contributed by atoms with Crippen LogP contribution in [-0.2, 0) is 11.2 Å². The lowest BCUT2D eigenvalue weighted by Gasteiger charge is -2.21. The molecule has 116 valence electrons. The topological polar surface area (TPSA) is 32.3 Å². The minimum atomic E-state index is -1.30. The molecule has 1 N–H and O–H groups in total. The maximum atomic E-state index is 12.0. The Bertz CT molecular complexity index is 567. The van der Waals surface area contributed by atoms with Crippen molar-refractivity contribution in [1.82, 2.24) is 4.90 Å². The van der Waals surface area contributed by atoms with Crippen LogP contribution in [0.15, 0.2) is 24.3 Å². The summed E-state index contributed by atoms with van der Waals surface area (Å²) in [5.74, 6) is -0.0150. The van der Waals surface area contributed by atoms with Gasteiger partial charge in [-0.25, -0.2) is 0 Å². The molecule has 3 heteroatoms. The van der Waals surface area contributed by atoms with E-state index in [2.05, 4.69) is 5.32 Å². The summed E-state index contributed by atoms with van der Waals surface area (Å²) in [7, 11) is 0. The quantitative estimate of drug-likeness (QED) is 0.917. The summed E-state index contributed by atoms with van der Waals surface area (Å²) in [6.07, 6.45) is 2.01. The summed E-state index contributed by atoms with van der Waals surface area (Å²) < 4.78 is 23.7. The molecule has 0 aromatic heterocycles. The van der Waals surface area contributed by atoms with Gasteiger partial charge in [0, 0.05) is 27.8 Å². The molecule has 1 heterocycles. The number of amides is 1. The third kappa shape index (κ3) is 4.57. The van der Waals surface area contributed by atoms with Crippen molar-refractivity contribution in [2.75, 3.05) is 18.4 Å². The van der Waals surface area contributed by atoms with Crippen molar-refractivity contribution in [3.8, 4) is 0 Å². The molecule has 2 rings (SSSR count). The van der Waals surface area contributed by atoms with Gasteiger partial charge in [0.1, 0.15) is 0 Å². The molecule has 1 atom stereocenters. The molecule has 1 aliphatic rings. The summed E-state index contributed by atoms with van der Waals surface area (Å²) >= 11 is 0. The van der Waals surface area contributed by atoms with Gasteiger partial charge in [-0.05, 0) is 50.4 Å². The molecular weight excluding hydrogens is 260 g/mol. The minimum absolute atomic E-state index is 0.0150. The Morgan fingerprint density at radius 1 is 1.43 bits per heavy atom. The SMILES string of the molecule is [2H]C[C@@H]1CCC([2H])([2H])N1CCc1ccc(NC(=O)C(C)(C)C)cc1. The molecule has 1 fully saturated rings. The lowest BCUT2D eigenvalue weighted by atomic mass is 9.95. The third-order valence-corrected chi connectivity index (χ3v) is 3.77. The Labute approximate surface area is 132 Å². The number of carbonyl (C=O) groups is 1. The van der Waals surface area contributed by atoms with E-state index in [0.717, 1.165) is 24.1 Å². The average Bonchev–Trinajstić information content (AvgIpc) is 2.79. The molecule has 21 heavy (non-hydrogen) atoms. The standard InChI is InChI=1S/C18H28N2O/c1-14-6-5-12-20(14)13-11-15-7-9-16(10-8-15)19-17(21)18(2,3)4/h7-10,14H,5-6,11-13H2,1-4H3,(H,19,21)/t14-/m1/s1/i1D,12D2. The first kappa shape index (κ1) is 12.2. The van der Waals surface area contributed by atoms with Gasteiger partial charge in [-0.1, -0.05) is 32.9 Å². The molecule has 0 spiro atoms. The van der Waals surface area contributed by atoms with Crippen LogP contribution in [0.3, 0.4) is 0 Å². The summed E-state index contributed by atoms with van der Waals surface area (Å²) in [6, 6.07) is 7.74. The van der Waals surface area contributed by atoms with Gasteiger partial charge in [-0.3, -0.25) is 4.79 Å². The molecule has 3 nitrogen and oxygen atoms in total. The van der Waals surface area contributed by atoms with Gasteiger partial charge in [0.25, 0.3) is 0 Å². The van der Waals surface area contributed by atoms with E-state index in [1.54, 1.807) is 0 Å². The summed E-state index contributed by atoms with van der Waals surface area (Å²) in [6.45, 7) is 5.20. The fourth-order valence-electron chi connectivity index (χ4n) is 2.24. The van der Waals surface area contributed by atoms with Crippen LogP contribution in [0.25, 0.3) is 0 Å². The number of nitrogens with zero attached hydrogens (tertiary/aromatic N) is 1. The molecule has 1 aromatic rings. The largest absolute Gasteiger partial charge is 0.326 e. The van der Waals surface area contributed by atoms with Crippen molar-refractivity contribution < 1.29 is 8.91 Å². The molecule has 0 saturated carbocycles. The average molecular weight is 291 g/mol. The fourth-order valence-corrected chi connectivity index (χ4v) is 2.24. The third-order valence-electron chi connectivity index (χ3n) is 3.77. The van der Waals surface area contributed by atoms with Crippen molar-refractivity contribution in [2.45, 2.75) is 53.0 Å². The molecule has 1 saturated heterocycles. The van der Waals surface area contributed by atoms with Gasteiger partial charge in [-0.15, -0.1) is 0 Å². The molecular formula is C18H28N2O. The van der Waals surface area contributed by atoms with Crippen molar-refractivity contribution in [3.63, 3.8) is 0 Å². The van der Waals surface area contributed by atoms with Crippen LogP contribution in [-0.4, -0.2) is 29.9 Å². The number of rotatable bonds is 4. The molecule has 1 aliphatic heterocycles. The van der Waals surface area contributed by atoms with Crippen molar-refractivity contribution in [3.05, 3.63) is 29.8 Å². The Kier molecular flexibility index (Phi) is 3.85. The first-order valence-electron chi connectivity index (χ1n) is 9.30. The van der Waals surface area contributed by atoms with E-state index in [1.807, 2.05) is 49.9 Å². The Hall–Kier alpha value is -1.35. The molecule has 0 aliphatic carbocycles. The van der Waals surface area contributed by atoms with Crippen LogP contribution in [0.4, 0.5) is 5.69 Å². The van der Waals surface area contributed by atoms with Gasteiger partial charge >= 0.3 is 0 Å². The summed E-state index contributed by atoms with van der Waals surface area (Å²) in [4.78, 5) is 13.8. The highest BCUT2D eigenvalue weighted by atomic mass is 16.2. The number of hydrogen-bond donors (Lipinski definition) is 1. The molecule has 0 radical (unpaired) electrons. The van der Waals surface area contributed by atoms with E-state index in [4.69, 9.17) is 4.11 Å². The van der Waals surface area contributed by atoms with Crippen molar-refractivity contribution in [2.24, 2.45) is 5.41 Å². The number of likely N-dealkylation sites (tertiary alicyclic amines) is 1. The smallest absolute Gasteiger partial charge is 0.229 e. The van der Waals surface area contributed by atoms with E-state index in [1.165, 1.54) is 0 Å². The summed E-state index contributed by atoms with van der Waals surface area (Å²) in [5, 5.41) is 2.90. The van der Waals surface area contributed by atoms with Gasteiger partial charge < -0.3 is 10.2 Å². The minimum Gasteiger partial charge on any atom is -0.326 e. The first-order chi connectivity index (χ1) is 11.1. The lowest BCUT2D eigenvalue weighted by molar-refractivity contribution is -0.123. The molecule has 0 unspecified atom stereocenters. The number of anilines is 1. The highest BCUT2D eigenvalue weighted by molar-refractivity contribution is 5.94. The predicted octanol–water partition coefficient (Wildman–Crippen LogP) is 3.70. The first-order valence-corrected chi connectivity index (χ1v) is 7.60. The van der Waals surface area contributed by atoms with Crippen LogP contribution in [0.1, 0.15) is 50.2 Å². The zero-order valence-corrected chi connectivity index (χ0v) is 13.3. The predicted molar refractivity (Wildman–Crippen MR) is 88.5 cm³/mol. The van der Waals surface area contributed by atoms with E-state index in [0.29, 0.717) is 13.0 Å². The highest BCUT2D eigenvalue weighted by Gasteiger charge is 2.21. The number of nitrogens with one attached hydrogen (secondary N) is 1. The van der Waals surface area contributed by atoms with Crippen LogP contribution < -0.4 is 5.32 Å². The Morgan fingerprint density at radius 3 is 2.76 bits per heavy atom. The van der Waals surface area contributed by atoms with Gasteiger partial charge in [0.05, 0.1) is 0 Å². The second kappa shape index (κ2) is 6.61. The maximum Gasteiger partial charge on any atom is 0.229 e. The monoisotopic (exact) mass is 291 g/mol. The maximum absolute atomic E-state index is 12.0. The van der Waals surface area contributed by atoms with Gasteiger partial charge in [-0.2, -0.15) is 0 Å². The molecule has 1 amide bonds. The Balaban J connectivity index is 1.93. The van der Waals surface area contributed by atoms with E-state index < -0.39 is 11.9 Å². The highest BCUT2D eigenvalue weighted by Crippen LogP contribution is 2.19. The Morgan fingerprint density at radius 2 is 2.14 bits per heavy atom. The second-order valence-corrected chi connectivity index (χ2v) is 6.70. The van der Waals surface area contributed by atoms with Crippen molar-refractivity contribution in [1.29, 1.82) is 0 Å². The zero-order chi connectivity index (χ0) is 18.0. The molecule has 0 bridgehead atoms. The number of hydrogen-bond acceptors (Lipinski definition) is 2. The molecule has 1 aromatic carbocycles. The van der Waals surface area contributed by atoms with E-state index in [9.17, 15) is 4.79 Å². The second-order valence-electron chi connectivity index (χ2n) is 6.70. The number of carbonyl (C=O) groups excluding carboxylic acids is 1. The van der Waals surface area contributed by atoms with Gasteiger partial charge in [0.15, 0.2) is 0 Å². The number of benzene rings is 1. The summed E-state index contributed by atoms with van der Waals surface area (Å²) in [5.41, 5.74) is 1.46. The van der Waals surface area contributed by atoms with Crippen molar-refractivity contribution >= 4 is 11.6 Å².